The molecule has 1 N–H and O–H groups in total. The van der Waals surface area contributed by atoms with Crippen LogP contribution in [0.1, 0.15) is 40.4 Å². The van der Waals surface area contributed by atoms with E-state index >= 15 is 0 Å². The number of methoxy groups -OCH3 is 1. The normalized spacial score (nSPS) is 13.2. The first kappa shape index (κ1) is 16.9. The summed E-state index contributed by atoms with van der Waals surface area (Å²) in [7, 11) is 1.38. The van der Waals surface area contributed by atoms with Gasteiger partial charge in [-0.25, -0.2) is 14.8 Å². The third-order valence-electron chi connectivity index (χ3n) is 2.79. The molecule has 1 unspecified atom stereocenters. The second-order valence-corrected chi connectivity index (χ2v) is 6.85. The molecule has 0 radical (unpaired) electrons. The van der Waals surface area contributed by atoms with Gasteiger partial charge in [-0.3, -0.25) is 0 Å². The number of anilines is 1. The van der Waals surface area contributed by atoms with Gasteiger partial charge in [0, 0.05) is 11.5 Å². The highest BCUT2D eigenvalue weighted by atomic mass is 79.9. The monoisotopic (exact) mass is 343 g/mol. The number of ether oxygens (including phenoxy) is 1. The number of hydrogen-bond donors (Lipinski definition) is 1. The lowest BCUT2D eigenvalue weighted by atomic mass is 9.96. The van der Waals surface area contributed by atoms with E-state index in [0.717, 1.165) is 0 Å². The van der Waals surface area contributed by atoms with Crippen LogP contribution in [0.2, 0.25) is 0 Å². The van der Waals surface area contributed by atoms with E-state index in [0.29, 0.717) is 16.2 Å². The molecule has 0 amide bonds. The van der Waals surface area contributed by atoms with Crippen LogP contribution in [0.3, 0.4) is 0 Å². The first-order valence-electron chi connectivity index (χ1n) is 6.54. The van der Waals surface area contributed by atoms with E-state index in [4.69, 9.17) is 4.74 Å². The Morgan fingerprint density at radius 1 is 1.35 bits per heavy atom. The lowest BCUT2D eigenvalue weighted by molar-refractivity contribution is -0.142. The van der Waals surface area contributed by atoms with Crippen molar-refractivity contribution in [3.63, 3.8) is 0 Å². The molecule has 0 aliphatic heterocycles. The molecule has 5 nitrogen and oxygen atoms in total. The van der Waals surface area contributed by atoms with Crippen molar-refractivity contribution in [3.05, 3.63) is 16.5 Å². The average Bonchev–Trinajstić information content (AvgIpc) is 2.33. The molecule has 0 saturated carbocycles. The molecule has 1 aromatic rings. The van der Waals surface area contributed by atoms with Crippen molar-refractivity contribution in [2.45, 2.75) is 46.1 Å². The fourth-order valence-corrected chi connectivity index (χ4v) is 2.00. The van der Waals surface area contributed by atoms with Crippen LogP contribution < -0.4 is 5.32 Å². The minimum Gasteiger partial charge on any atom is -0.467 e. The Bertz CT molecular complexity index is 484. The summed E-state index contributed by atoms with van der Waals surface area (Å²) in [6.07, 6.45) is 0. The maximum Gasteiger partial charge on any atom is 0.328 e. The van der Waals surface area contributed by atoms with E-state index in [1.807, 2.05) is 34.6 Å². The highest BCUT2D eigenvalue weighted by molar-refractivity contribution is 9.10. The van der Waals surface area contributed by atoms with Crippen molar-refractivity contribution in [2.75, 3.05) is 12.4 Å². The number of nitrogens with zero attached hydrogens (tertiary/aromatic N) is 2. The molecule has 0 spiro atoms. The van der Waals surface area contributed by atoms with Crippen molar-refractivity contribution < 1.29 is 9.53 Å². The minimum atomic E-state index is -0.436. The van der Waals surface area contributed by atoms with E-state index in [2.05, 4.69) is 31.2 Å². The van der Waals surface area contributed by atoms with Crippen LogP contribution in [-0.2, 0) is 14.9 Å². The molecule has 112 valence electrons. The average molecular weight is 344 g/mol. The highest BCUT2D eigenvalue weighted by Gasteiger charge is 2.25. The van der Waals surface area contributed by atoms with Crippen LogP contribution in [-0.4, -0.2) is 29.1 Å². The molecule has 0 bridgehead atoms. The predicted molar refractivity (Wildman–Crippen MR) is 82.7 cm³/mol. The summed E-state index contributed by atoms with van der Waals surface area (Å²) in [5.74, 6) is 1.11. The fourth-order valence-electron chi connectivity index (χ4n) is 1.61. The first-order chi connectivity index (χ1) is 9.15. The van der Waals surface area contributed by atoms with Gasteiger partial charge >= 0.3 is 5.97 Å². The van der Waals surface area contributed by atoms with Gasteiger partial charge in [0.15, 0.2) is 0 Å². The zero-order valence-corrected chi connectivity index (χ0v) is 14.4. The summed E-state index contributed by atoms with van der Waals surface area (Å²) in [5, 5.41) is 3.13. The van der Waals surface area contributed by atoms with Gasteiger partial charge in [-0.1, -0.05) is 34.6 Å². The van der Waals surface area contributed by atoms with E-state index < -0.39 is 6.04 Å². The molecule has 0 saturated heterocycles. The summed E-state index contributed by atoms with van der Waals surface area (Å²) >= 11 is 3.38. The smallest absolute Gasteiger partial charge is 0.328 e. The van der Waals surface area contributed by atoms with Crippen molar-refractivity contribution >= 4 is 27.7 Å². The maximum absolute atomic E-state index is 11.8. The SMILES string of the molecule is COC(=O)C(Nc1cc(Br)nc(C(C)(C)C)n1)C(C)C. The van der Waals surface area contributed by atoms with Gasteiger partial charge in [-0.05, 0) is 21.8 Å². The van der Waals surface area contributed by atoms with Gasteiger partial charge in [0.25, 0.3) is 0 Å². The lowest BCUT2D eigenvalue weighted by Gasteiger charge is -2.22. The van der Waals surface area contributed by atoms with E-state index in [9.17, 15) is 4.79 Å². The van der Waals surface area contributed by atoms with Gasteiger partial charge in [0.2, 0.25) is 0 Å². The maximum atomic E-state index is 11.8. The van der Waals surface area contributed by atoms with Crippen LogP contribution in [0.5, 0.6) is 0 Å². The van der Waals surface area contributed by atoms with Crippen LogP contribution in [0, 0.1) is 5.92 Å². The molecule has 0 aliphatic rings. The molecule has 1 heterocycles. The van der Waals surface area contributed by atoms with Crippen LogP contribution >= 0.6 is 15.9 Å². The Morgan fingerprint density at radius 3 is 2.40 bits per heavy atom. The predicted octanol–water partition coefficient (Wildman–Crippen LogP) is 3.15. The Hall–Kier alpha value is -1.17. The summed E-state index contributed by atoms with van der Waals surface area (Å²) in [5.41, 5.74) is -0.168. The number of halogens is 1. The number of rotatable bonds is 4. The highest BCUT2D eigenvalue weighted by Crippen LogP contribution is 2.23. The van der Waals surface area contributed by atoms with E-state index in [1.54, 1.807) is 6.07 Å². The summed E-state index contributed by atoms with van der Waals surface area (Å²) in [6, 6.07) is 1.32. The number of hydrogen-bond acceptors (Lipinski definition) is 5. The molecule has 1 aromatic heterocycles. The Morgan fingerprint density at radius 2 is 1.95 bits per heavy atom. The zero-order chi connectivity index (χ0) is 15.5. The number of carbonyl (C=O) groups excluding carboxylic acids is 1. The molecule has 0 aromatic carbocycles. The summed E-state index contributed by atoms with van der Waals surface area (Å²) in [6.45, 7) is 10.0. The first-order valence-corrected chi connectivity index (χ1v) is 7.34. The molecule has 20 heavy (non-hydrogen) atoms. The standard InChI is InChI=1S/C14H22BrN3O2/c1-8(2)11(12(19)20-6)17-10-7-9(15)16-13(18-10)14(3,4)5/h7-8,11H,1-6H3,(H,16,17,18). The van der Waals surface area contributed by atoms with Gasteiger partial charge in [0.05, 0.1) is 7.11 Å². The van der Waals surface area contributed by atoms with E-state index in [-0.39, 0.29) is 17.3 Å². The van der Waals surface area contributed by atoms with Crippen LogP contribution in [0.15, 0.2) is 10.7 Å². The van der Waals surface area contributed by atoms with Crippen LogP contribution in [0.25, 0.3) is 0 Å². The number of aromatic nitrogens is 2. The second kappa shape index (κ2) is 6.52. The second-order valence-electron chi connectivity index (χ2n) is 6.04. The third kappa shape index (κ3) is 4.44. The largest absolute Gasteiger partial charge is 0.467 e. The van der Waals surface area contributed by atoms with Gasteiger partial charge < -0.3 is 10.1 Å². The van der Waals surface area contributed by atoms with Gasteiger partial charge in [0.1, 0.15) is 22.3 Å². The molecule has 6 heteroatoms. The number of carbonyl (C=O) groups is 1. The van der Waals surface area contributed by atoms with Crippen LogP contribution in [0.4, 0.5) is 5.82 Å². The van der Waals surface area contributed by atoms with Crippen molar-refractivity contribution in [1.29, 1.82) is 0 Å². The fraction of sp³-hybridized carbons (Fsp3) is 0.643. The molecular weight excluding hydrogens is 322 g/mol. The quantitative estimate of drug-likeness (QED) is 0.672. The Labute approximate surface area is 128 Å². The van der Waals surface area contributed by atoms with Gasteiger partial charge in [-0.2, -0.15) is 0 Å². The lowest BCUT2D eigenvalue weighted by Crippen LogP contribution is -2.36. The number of nitrogens with one attached hydrogen (secondary N) is 1. The van der Waals surface area contributed by atoms with Gasteiger partial charge in [-0.15, -0.1) is 0 Å². The Balaban J connectivity index is 3.07. The Kier molecular flexibility index (Phi) is 5.50. The summed E-state index contributed by atoms with van der Waals surface area (Å²) in [4.78, 5) is 20.6. The molecule has 0 fully saturated rings. The summed E-state index contributed by atoms with van der Waals surface area (Å²) < 4.78 is 5.50. The minimum absolute atomic E-state index is 0.0919. The molecule has 1 atom stereocenters. The molecule has 0 aliphatic carbocycles. The number of esters is 1. The van der Waals surface area contributed by atoms with Crippen molar-refractivity contribution in [1.82, 2.24) is 9.97 Å². The van der Waals surface area contributed by atoms with E-state index in [1.165, 1.54) is 7.11 Å². The van der Waals surface area contributed by atoms with Crippen molar-refractivity contribution in [2.24, 2.45) is 5.92 Å². The van der Waals surface area contributed by atoms with Crippen molar-refractivity contribution in [3.8, 4) is 0 Å². The molecular formula is C14H22BrN3O2. The third-order valence-corrected chi connectivity index (χ3v) is 3.20. The topological polar surface area (TPSA) is 64.1 Å². The molecule has 1 rings (SSSR count). The zero-order valence-electron chi connectivity index (χ0n) is 12.8.